The predicted molar refractivity (Wildman–Crippen MR) is 109 cm³/mol. The second-order valence-electron chi connectivity index (χ2n) is 8.01. The van der Waals surface area contributed by atoms with Gasteiger partial charge in [-0.3, -0.25) is 9.36 Å². The summed E-state index contributed by atoms with van der Waals surface area (Å²) in [5, 5.41) is 4.65. The molecule has 3 heterocycles. The Hall–Kier alpha value is -3.09. The Morgan fingerprint density at radius 3 is 2.55 bits per heavy atom. The third-order valence-corrected chi connectivity index (χ3v) is 5.26. The van der Waals surface area contributed by atoms with Crippen molar-refractivity contribution in [2.24, 2.45) is 5.92 Å². The van der Waals surface area contributed by atoms with E-state index in [-0.39, 0.29) is 11.6 Å². The van der Waals surface area contributed by atoms with Crippen molar-refractivity contribution in [2.75, 3.05) is 6.54 Å². The van der Waals surface area contributed by atoms with Crippen LogP contribution in [0.1, 0.15) is 53.2 Å². The molecule has 0 bridgehead atoms. The molecular formula is C22H26N4O3. The first-order chi connectivity index (χ1) is 13.9. The van der Waals surface area contributed by atoms with Crippen LogP contribution in [0.5, 0.6) is 0 Å². The van der Waals surface area contributed by atoms with Gasteiger partial charge in [0.25, 0.3) is 5.91 Å². The molecule has 0 radical (unpaired) electrons. The van der Waals surface area contributed by atoms with E-state index in [0.29, 0.717) is 48.5 Å². The Kier molecular flexibility index (Phi) is 4.90. The summed E-state index contributed by atoms with van der Waals surface area (Å²) in [6, 6.07) is 11.1. The number of rotatable bonds is 4. The van der Waals surface area contributed by atoms with Crippen molar-refractivity contribution in [2.45, 2.75) is 46.8 Å². The summed E-state index contributed by atoms with van der Waals surface area (Å²) in [7, 11) is 0. The van der Waals surface area contributed by atoms with Crippen molar-refractivity contribution < 1.29 is 9.21 Å². The monoisotopic (exact) mass is 394 g/mol. The Labute approximate surface area is 169 Å². The Balaban J connectivity index is 1.83. The van der Waals surface area contributed by atoms with Gasteiger partial charge in [-0.05, 0) is 31.4 Å². The molecule has 152 valence electrons. The number of carbonyl (C=O) groups excluding carboxylic acids is 1. The van der Waals surface area contributed by atoms with Crippen LogP contribution in [0, 0.1) is 19.8 Å². The summed E-state index contributed by atoms with van der Waals surface area (Å²) in [5.74, 6) is 2.11. The number of hydrogen-bond donors (Lipinski definition) is 0. The first-order valence-corrected chi connectivity index (χ1v) is 9.97. The van der Waals surface area contributed by atoms with E-state index in [4.69, 9.17) is 4.42 Å². The lowest BCUT2D eigenvalue weighted by Crippen LogP contribution is -2.44. The minimum Gasteiger partial charge on any atom is -0.466 e. The van der Waals surface area contributed by atoms with Gasteiger partial charge in [0.15, 0.2) is 5.82 Å². The van der Waals surface area contributed by atoms with Crippen molar-refractivity contribution in [3.63, 3.8) is 0 Å². The highest BCUT2D eigenvalue weighted by Gasteiger charge is 2.37. The second-order valence-corrected chi connectivity index (χ2v) is 8.01. The maximum absolute atomic E-state index is 13.4. The van der Waals surface area contributed by atoms with E-state index in [1.165, 1.54) is 4.68 Å². The van der Waals surface area contributed by atoms with Gasteiger partial charge in [0.2, 0.25) is 0 Å². The first kappa shape index (κ1) is 19.2. The number of nitrogens with zero attached hydrogens (tertiary/aromatic N) is 4. The number of carbonyl (C=O) groups is 1. The molecule has 0 saturated heterocycles. The fourth-order valence-corrected chi connectivity index (χ4v) is 3.99. The van der Waals surface area contributed by atoms with Gasteiger partial charge in [-0.25, -0.2) is 9.48 Å². The number of benzene rings is 1. The van der Waals surface area contributed by atoms with Crippen LogP contribution >= 0.6 is 0 Å². The molecule has 3 aromatic rings. The SMILES string of the molecule is Cc1cc(C(=O)N2CCn3c(nn(CC(C)C)c3=O)C2c2ccccc2)c(C)o1. The summed E-state index contributed by atoms with van der Waals surface area (Å²) in [4.78, 5) is 28.1. The average Bonchev–Trinajstić information content (AvgIpc) is 3.19. The van der Waals surface area contributed by atoms with E-state index in [9.17, 15) is 9.59 Å². The average molecular weight is 394 g/mol. The van der Waals surface area contributed by atoms with E-state index < -0.39 is 6.04 Å². The highest BCUT2D eigenvalue weighted by molar-refractivity contribution is 5.95. The van der Waals surface area contributed by atoms with E-state index in [1.54, 1.807) is 22.5 Å². The van der Waals surface area contributed by atoms with Crippen LogP contribution in [0.15, 0.2) is 45.6 Å². The molecule has 0 saturated carbocycles. The van der Waals surface area contributed by atoms with Crippen LogP contribution in [-0.2, 0) is 13.1 Å². The van der Waals surface area contributed by atoms with Crippen LogP contribution in [0.25, 0.3) is 0 Å². The highest BCUT2D eigenvalue weighted by Crippen LogP contribution is 2.32. The van der Waals surface area contributed by atoms with Crippen LogP contribution in [0.4, 0.5) is 0 Å². The van der Waals surface area contributed by atoms with Crippen molar-refractivity contribution >= 4 is 5.91 Å². The summed E-state index contributed by atoms with van der Waals surface area (Å²) in [6.45, 7) is 9.15. The van der Waals surface area contributed by atoms with Crippen LogP contribution in [0.2, 0.25) is 0 Å². The van der Waals surface area contributed by atoms with Gasteiger partial charge in [-0.15, -0.1) is 0 Å². The van der Waals surface area contributed by atoms with Crippen LogP contribution in [0.3, 0.4) is 0 Å². The molecule has 1 aliphatic rings. The summed E-state index contributed by atoms with van der Waals surface area (Å²) in [5.41, 5.74) is 1.37. The third kappa shape index (κ3) is 3.41. The van der Waals surface area contributed by atoms with E-state index in [0.717, 1.165) is 5.56 Å². The molecule has 29 heavy (non-hydrogen) atoms. The largest absolute Gasteiger partial charge is 0.466 e. The molecular weight excluding hydrogens is 368 g/mol. The quantitative estimate of drug-likeness (QED) is 0.681. The Bertz CT molecular complexity index is 1090. The molecule has 1 aromatic carbocycles. The van der Waals surface area contributed by atoms with E-state index in [1.807, 2.05) is 37.3 Å². The number of aryl methyl sites for hydroxylation is 2. The third-order valence-electron chi connectivity index (χ3n) is 5.26. The maximum atomic E-state index is 13.4. The molecule has 1 aliphatic heterocycles. The molecule has 0 N–H and O–H groups in total. The molecule has 4 rings (SSSR count). The topological polar surface area (TPSA) is 73.3 Å². The lowest BCUT2D eigenvalue weighted by molar-refractivity contribution is 0.0655. The van der Waals surface area contributed by atoms with E-state index in [2.05, 4.69) is 18.9 Å². The van der Waals surface area contributed by atoms with Gasteiger partial charge < -0.3 is 9.32 Å². The first-order valence-electron chi connectivity index (χ1n) is 9.97. The zero-order valence-corrected chi connectivity index (χ0v) is 17.3. The fraction of sp³-hybridized carbons (Fsp3) is 0.409. The van der Waals surface area contributed by atoms with Gasteiger partial charge in [0, 0.05) is 19.6 Å². The lowest BCUT2D eigenvalue weighted by Gasteiger charge is -2.35. The van der Waals surface area contributed by atoms with E-state index >= 15 is 0 Å². The van der Waals surface area contributed by atoms with Gasteiger partial charge >= 0.3 is 5.69 Å². The lowest BCUT2D eigenvalue weighted by atomic mass is 10.0. The number of fused-ring (bicyclic) bond motifs is 1. The smallest absolute Gasteiger partial charge is 0.346 e. The molecule has 7 heteroatoms. The summed E-state index contributed by atoms with van der Waals surface area (Å²) in [6.07, 6.45) is 0. The zero-order chi connectivity index (χ0) is 20.7. The molecule has 1 unspecified atom stereocenters. The highest BCUT2D eigenvalue weighted by atomic mass is 16.3. The van der Waals surface area contributed by atoms with Gasteiger partial charge in [0.05, 0.1) is 5.56 Å². The zero-order valence-electron chi connectivity index (χ0n) is 17.3. The second kappa shape index (κ2) is 7.39. The van der Waals surface area contributed by atoms with Gasteiger partial charge in [-0.2, -0.15) is 5.10 Å². The van der Waals surface area contributed by atoms with Crippen LogP contribution in [-0.4, -0.2) is 31.7 Å². The number of furan rings is 1. The standard InChI is InChI=1S/C22H26N4O3/c1-14(2)13-26-22(28)25-11-10-24(21(27)18-12-15(3)29-16(18)4)19(20(25)23-26)17-8-6-5-7-9-17/h5-9,12,14,19H,10-11,13H2,1-4H3. The molecule has 2 aromatic heterocycles. The number of amides is 1. The normalized spacial score (nSPS) is 16.3. The van der Waals surface area contributed by atoms with Crippen molar-refractivity contribution in [3.05, 3.63) is 75.4 Å². The molecule has 0 spiro atoms. The molecule has 7 nitrogen and oxygen atoms in total. The maximum Gasteiger partial charge on any atom is 0.346 e. The number of aromatic nitrogens is 3. The minimum absolute atomic E-state index is 0.106. The Morgan fingerprint density at radius 2 is 1.93 bits per heavy atom. The fourth-order valence-electron chi connectivity index (χ4n) is 3.99. The molecule has 1 amide bonds. The summed E-state index contributed by atoms with van der Waals surface area (Å²) >= 11 is 0. The molecule has 0 aliphatic carbocycles. The minimum atomic E-state index is -0.423. The van der Waals surface area contributed by atoms with Gasteiger partial charge in [-0.1, -0.05) is 44.2 Å². The Morgan fingerprint density at radius 1 is 1.21 bits per heavy atom. The number of hydrogen-bond acceptors (Lipinski definition) is 4. The molecule has 1 atom stereocenters. The molecule has 0 fully saturated rings. The van der Waals surface area contributed by atoms with Crippen molar-refractivity contribution in [1.29, 1.82) is 0 Å². The van der Waals surface area contributed by atoms with Crippen molar-refractivity contribution in [3.8, 4) is 0 Å². The van der Waals surface area contributed by atoms with Gasteiger partial charge in [0.1, 0.15) is 17.6 Å². The summed E-state index contributed by atoms with van der Waals surface area (Å²) < 4.78 is 8.81. The van der Waals surface area contributed by atoms with Crippen LogP contribution < -0.4 is 5.69 Å². The predicted octanol–water partition coefficient (Wildman–Crippen LogP) is 3.16. The van der Waals surface area contributed by atoms with Crippen molar-refractivity contribution in [1.82, 2.24) is 19.2 Å².